The standard InChI is InChI=1S/C15H31NO4.ClH/c1-2-3-4-5-6-7-8-9-12(18)13-15(20)14(19)11(10-17)16-13;/h11-20H,2-10H2,1H3;1H/t11-,12-,13-,14-,15-;/m1./s1. The van der Waals surface area contributed by atoms with Gasteiger partial charge in [-0.05, 0) is 6.42 Å². The molecule has 128 valence electrons. The summed E-state index contributed by atoms with van der Waals surface area (Å²) in [7, 11) is 0. The fourth-order valence-corrected chi connectivity index (χ4v) is 2.88. The molecule has 1 aliphatic rings. The van der Waals surface area contributed by atoms with Crippen LogP contribution in [0, 0.1) is 0 Å². The summed E-state index contributed by atoms with van der Waals surface area (Å²) in [6.07, 6.45) is 6.22. The van der Waals surface area contributed by atoms with E-state index >= 15 is 0 Å². The van der Waals surface area contributed by atoms with E-state index in [4.69, 9.17) is 5.11 Å². The lowest BCUT2D eigenvalue weighted by Gasteiger charge is -2.22. The van der Waals surface area contributed by atoms with E-state index in [0.29, 0.717) is 6.42 Å². The summed E-state index contributed by atoms with van der Waals surface area (Å²) < 4.78 is 0. The molecule has 1 aliphatic heterocycles. The van der Waals surface area contributed by atoms with Crippen molar-refractivity contribution in [2.24, 2.45) is 0 Å². The number of aliphatic hydroxyl groups excluding tert-OH is 4. The monoisotopic (exact) mass is 325 g/mol. The third kappa shape index (κ3) is 6.80. The zero-order valence-electron chi connectivity index (χ0n) is 12.9. The molecule has 5 N–H and O–H groups in total. The van der Waals surface area contributed by atoms with E-state index in [1.165, 1.54) is 32.1 Å². The maximum Gasteiger partial charge on any atom is 0.0993 e. The minimum absolute atomic E-state index is 0. The predicted octanol–water partition coefficient (Wildman–Crippen LogP) is 0.964. The smallest absolute Gasteiger partial charge is 0.0993 e. The highest BCUT2D eigenvalue weighted by Crippen LogP contribution is 2.20. The Morgan fingerprint density at radius 3 is 2.05 bits per heavy atom. The molecule has 0 spiro atoms. The first-order valence-corrected chi connectivity index (χ1v) is 8.03. The Bertz CT molecular complexity index is 258. The first-order chi connectivity index (χ1) is 9.61. The van der Waals surface area contributed by atoms with Gasteiger partial charge in [-0.2, -0.15) is 0 Å². The summed E-state index contributed by atoms with van der Waals surface area (Å²) in [5.41, 5.74) is 0. The van der Waals surface area contributed by atoms with Crippen molar-refractivity contribution in [3.05, 3.63) is 0 Å². The molecule has 0 bridgehead atoms. The summed E-state index contributed by atoms with van der Waals surface area (Å²) in [6, 6.07) is -1.08. The average molecular weight is 326 g/mol. The third-order valence-corrected chi connectivity index (χ3v) is 4.25. The van der Waals surface area contributed by atoms with E-state index in [2.05, 4.69) is 12.2 Å². The number of aliphatic hydroxyl groups is 4. The number of hydrogen-bond donors (Lipinski definition) is 5. The van der Waals surface area contributed by atoms with E-state index in [-0.39, 0.29) is 19.0 Å². The fourth-order valence-electron chi connectivity index (χ4n) is 2.88. The fraction of sp³-hybridized carbons (Fsp3) is 1.00. The highest BCUT2D eigenvalue weighted by Gasteiger charge is 2.43. The van der Waals surface area contributed by atoms with Crippen LogP contribution in [0.4, 0.5) is 0 Å². The lowest BCUT2D eigenvalue weighted by molar-refractivity contribution is -0.00443. The van der Waals surface area contributed by atoms with Gasteiger partial charge in [0, 0.05) is 0 Å². The Morgan fingerprint density at radius 1 is 0.952 bits per heavy atom. The van der Waals surface area contributed by atoms with Crippen LogP contribution < -0.4 is 5.32 Å². The van der Waals surface area contributed by atoms with Crippen LogP contribution in [0.1, 0.15) is 58.3 Å². The molecule has 5 atom stereocenters. The highest BCUT2D eigenvalue weighted by molar-refractivity contribution is 5.85. The molecule has 0 aliphatic carbocycles. The maximum atomic E-state index is 10.1. The van der Waals surface area contributed by atoms with Gasteiger partial charge in [0.1, 0.15) is 0 Å². The molecule has 0 saturated carbocycles. The van der Waals surface area contributed by atoms with Gasteiger partial charge in [-0.1, -0.05) is 51.9 Å². The highest BCUT2D eigenvalue weighted by atomic mass is 35.5. The number of unbranched alkanes of at least 4 members (excludes halogenated alkanes) is 6. The average Bonchev–Trinajstić information content (AvgIpc) is 2.74. The van der Waals surface area contributed by atoms with Gasteiger partial charge in [0.25, 0.3) is 0 Å². The Balaban J connectivity index is 0.00000400. The normalized spacial score (nSPS) is 30.1. The van der Waals surface area contributed by atoms with Crippen molar-refractivity contribution >= 4 is 12.4 Å². The molecular weight excluding hydrogens is 294 g/mol. The van der Waals surface area contributed by atoms with Gasteiger partial charge in [-0.25, -0.2) is 0 Å². The molecule has 1 fully saturated rings. The second kappa shape index (κ2) is 11.6. The Kier molecular flexibility index (Phi) is 11.7. The maximum absolute atomic E-state index is 10.1. The van der Waals surface area contributed by atoms with Crippen molar-refractivity contribution in [3.8, 4) is 0 Å². The molecule has 21 heavy (non-hydrogen) atoms. The van der Waals surface area contributed by atoms with Crippen LogP contribution in [0.5, 0.6) is 0 Å². The van der Waals surface area contributed by atoms with Gasteiger partial charge >= 0.3 is 0 Å². The molecule has 1 heterocycles. The molecule has 5 nitrogen and oxygen atoms in total. The van der Waals surface area contributed by atoms with Crippen LogP contribution in [0.2, 0.25) is 0 Å². The van der Waals surface area contributed by atoms with Crippen molar-refractivity contribution in [1.82, 2.24) is 5.32 Å². The molecule has 6 heteroatoms. The number of rotatable bonds is 10. The first-order valence-electron chi connectivity index (χ1n) is 8.03. The minimum atomic E-state index is -1.01. The second-order valence-corrected chi connectivity index (χ2v) is 5.94. The third-order valence-electron chi connectivity index (χ3n) is 4.25. The topological polar surface area (TPSA) is 93.0 Å². The van der Waals surface area contributed by atoms with Crippen molar-refractivity contribution in [1.29, 1.82) is 0 Å². The Hall–Kier alpha value is 0.0900. The van der Waals surface area contributed by atoms with Gasteiger partial charge in [-0.3, -0.25) is 0 Å². The van der Waals surface area contributed by atoms with Crippen molar-refractivity contribution in [2.75, 3.05) is 6.61 Å². The van der Waals surface area contributed by atoms with Gasteiger partial charge < -0.3 is 25.7 Å². The van der Waals surface area contributed by atoms with Crippen LogP contribution >= 0.6 is 12.4 Å². The lowest BCUT2D eigenvalue weighted by Crippen LogP contribution is -2.44. The van der Waals surface area contributed by atoms with Crippen LogP contribution in [-0.2, 0) is 0 Å². The molecule has 0 aromatic heterocycles. The zero-order chi connectivity index (χ0) is 15.0. The van der Waals surface area contributed by atoms with Crippen molar-refractivity contribution in [2.45, 2.75) is 88.7 Å². The molecule has 0 aromatic rings. The molecular formula is C15H32ClNO4. The van der Waals surface area contributed by atoms with E-state index in [9.17, 15) is 15.3 Å². The molecule has 1 rings (SSSR count). The molecule has 0 aromatic carbocycles. The van der Waals surface area contributed by atoms with Gasteiger partial charge in [0.15, 0.2) is 0 Å². The summed E-state index contributed by atoms with van der Waals surface area (Å²) >= 11 is 0. The van der Waals surface area contributed by atoms with E-state index in [1.807, 2.05) is 0 Å². The SMILES string of the molecule is CCCCCCCCC[C@@H](O)[C@H]1N[C@H](CO)[C@@H](O)[C@@H]1O.Cl. The van der Waals surface area contributed by atoms with Gasteiger partial charge in [0.2, 0.25) is 0 Å². The second-order valence-electron chi connectivity index (χ2n) is 5.94. The molecule has 0 radical (unpaired) electrons. The molecule has 0 unspecified atom stereocenters. The largest absolute Gasteiger partial charge is 0.395 e. The number of nitrogens with one attached hydrogen (secondary N) is 1. The van der Waals surface area contributed by atoms with Gasteiger partial charge in [0.05, 0.1) is 37.0 Å². The van der Waals surface area contributed by atoms with Gasteiger partial charge in [-0.15, -0.1) is 12.4 Å². The summed E-state index contributed by atoms with van der Waals surface area (Å²) in [4.78, 5) is 0. The summed E-state index contributed by atoms with van der Waals surface area (Å²) in [5, 5.41) is 41.6. The van der Waals surface area contributed by atoms with Crippen LogP contribution in [0.15, 0.2) is 0 Å². The van der Waals surface area contributed by atoms with E-state index in [1.54, 1.807) is 0 Å². The Labute approximate surface area is 134 Å². The van der Waals surface area contributed by atoms with Crippen molar-refractivity contribution in [3.63, 3.8) is 0 Å². The molecule has 1 saturated heterocycles. The molecule has 0 amide bonds. The van der Waals surface area contributed by atoms with E-state index < -0.39 is 30.4 Å². The first kappa shape index (κ1) is 21.1. The van der Waals surface area contributed by atoms with E-state index in [0.717, 1.165) is 12.8 Å². The van der Waals surface area contributed by atoms with Crippen molar-refractivity contribution < 1.29 is 20.4 Å². The summed E-state index contributed by atoms with van der Waals surface area (Å²) in [5.74, 6) is 0. The quantitative estimate of drug-likeness (QED) is 0.386. The summed E-state index contributed by atoms with van der Waals surface area (Å²) in [6.45, 7) is 1.96. The predicted molar refractivity (Wildman–Crippen MR) is 85.7 cm³/mol. The Morgan fingerprint density at radius 2 is 1.52 bits per heavy atom. The minimum Gasteiger partial charge on any atom is -0.395 e. The van der Waals surface area contributed by atoms with Crippen LogP contribution in [0.3, 0.4) is 0 Å². The number of halogens is 1. The zero-order valence-corrected chi connectivity index (χ0v) is 13.8. The lowest BCUT2D eigenvalue weighted by atomic mass is 9.98. The number of hydrogen-bond acceptors (Lipinski definition) is 5. The van der Waals surface area contributed by atoms with Crippen LogP contribution in [-0.4, -0.2) is 57.4 Å². The van der Waals surface area contributed by atoms with Crippen LogP contribution in [0.25, 0.3) is 0 Å².